The van der Waals surface area contributed by atoms with Gasteiger partial charge in [0.05, 0.1) is 0 Å². The van der Waals surface area contributed by atoms with E-state index < -0.39 is 0 Å². The van der Waals surface area contributed by atoms with Crippen LogP contribution >= 0.6 is 11.6 Å². The van der Waals surface area contributed by atoms with Gasteiger partial charge in [0.2, 0.25) is 0 Å². The highest BCUT2D eigenvalue weighted by molar-refractivity contribution is 6.29. The van der Waals surface area contributed by atoms with E-state index >= 15 is 0 Å². The van der Waals surface area contributed by atoms with Crippen LogP contribution in [0.5, 0.6) is 0 Å². The predicted molar refractivity (Wildman–Crippen MR) is 81.6 cm³/mol. The topological polar surface area (TPSA) is 3.24 Å². The van der Waals surface area contributed by atoms with Gasteiger partial charge in [0.1, 0.15) is 0 Å². The Morgan fingerprint density at radius 2 is 2.21 bits per heavy atom. The number of piperidine rings is 1. The monoisotopic (exact) mass is 275 g/mol. The van der Waals surface area contributed by atoms with Crippen molar-refractivity contribution in [2.75, 3.05) is 13.1 Å². The molecule has 0 aromatic heterocycles. The van der Waals surface area contributed by atoms with Crippen molar-refractivity contribution in [2.45, 2.75) is 38.1 Å². The second kappa shape index (κ2) is 4.64. The molecule has 19 heavy (non-hydrogen) atoms. The van der Waals surface area contributed by atoms with Crippen molar-refractivity contribution in [2.24, 2.45) is 5.92 Å². The number of halogens is 1. The van der Waals surface area contributed by atoms with Crippen LogP contribution in [0.25, 0.3) is 0 Å². The van der Waals surface area contributed by atoms with Crippen molar-refractivity contribution < 1.29 is 0 Å². The van der Waals surface area contributed by atoms with Crippen LogP contribution in [0, 0.1) is 5.92 Å². The highest BCUT2D eigenvalue weighted by Crippen LogP contribution is 2.48. The largest absolute Gasteiger partial charge is 0.295 e. The fourth-order valence-electron chi connectivity index (χ4n) is 4.09. The Labute approximate surface area is 121 Å². The highest BCUT2D eigenvalue weighted by Gasteiger charge is 2.47. The predicted octanol–water partition coefficient (Wildman–Crippen LogP) is 3.96. The summed E-state index contributed by atoms with van der Waals surface area (Å²) < 4.78 is 0. The summed E-state index contributed by atoms with van der Waals surface area (Å²) >= 11 is 6.03. The second-order valence-electron chi connectivity index (χ2n) is 6.37. The van der Waals surface area contributed by atoms with E-state index in [4.69, 9.17) is 11.6 Å². The minimum Gasteiger partial charge on any atom is -0.295 e. The summed E-state index contributed by atoms with van der Waals surface area (Å²) in [6.45, 7) is 10.7. The number of nitrogens with zero attached hydrogens (tertiary/aromatic N) is 1. The molecule has 1 heterocycles. The zero-order valence-corrected chi connectivity index (χ0v) is 12.6. The van der Waals surface area contributed by atoms with Crippen LogP contribution in [-0.2, 0) is 11.8 Å². The summed E-state index contributed by atoms with van der Waals surface area (Å²) in [7, 11) is 0. The van der Waals surface area contributed by atoms with Gasteiger partial charge in [-0.15, -0.1) is 0 Å². The number of hydrogen-bond acceptors (Lipinski definition) is 1. The third kappa shape index (κ3) is 2.04. The molecule has 0 spiro atoms. The Balaban J connectivity index is 1.99. The summed E-state index contributed by atoms with van der Waals surface area (Å²) in [6.07, 6.45) is 2.36. The fourth-order valence-corrected chi connectivity index (χ4v) is 4.25. The van der Waals surface area contributed by atoms with Crippen molar-refractivity contribution in [3.63, 3.8) is 0 Å². The molecule has 0 radical (unpaired) electrons. The number of likely N-dealkylation sites (tertiary alicyclic amines) is 1. The first-order valence-electron chi connectivity index (χ1n) is 7.18. The van der Waals surface area contributed by atoms with E-state index in [0.29, 0.717) is 17.4 Å². The van der Waals surface area contributed by atoms with Gasteiger partial charge in [0, 0.05) is 17.6 Å². The molecule has 1 aromatic carbocycles. The smallest absolute Gasteiger partial charge is 0.0338 e. The molecule has 0 saturated carbocycles. The molecule has 0 amide bonds. The van der Waals surface area contributed by atoms with E-state index in [1.54, 1.807) is 5.56 Å². The molecule has 1 aromatic rings. The molecule has 1 saturated heterocycles. The Morgan fingerprint density at radius 3 is 2.95 bits per heavy atom. The van der Waals surface area contributed by atoms with Crippen LogP contribution in [0.3, 0.4) is 0 Å². The van der Waals surface area contributed by atoms with Gasteiger partial charge < -0.3 is 0 Å². The Kier molecular flexibility index (Phi) is 3.23. The molecule has 1 fully saturated rings. The molecule has 3 rings (SSSR count). The lowest BCUT2D eigenvalue weighted by atomic mass is 9.59. The molecule has 0 N–H and O–H groups in total. The summed E-state index contributed by atoms with van der Waals surface area (Å²) in [5.74, 6) is 0.673. The molecule has 3 unspecified atom stereocenters. The van der Waals surface area contributed by atoms with Gasteiger partial charge in [0.15, 0.2) is 0 Å². The number of benzene rings is 1. The lowest BCUT2D eigenvalue weighted by Crippen LogP contribution is -2.58. The van der Waals surface area contributed by atoms with Crippen molar-refractivity contribution in [3.8, 4) is 0 Å². The molecule has 2 heteroatoms. The van der Waals surface area contributed by atoms with Crippen LogP contribution in [-0.4, -0.2) is 24.0 Å². The molecule has 2 bridgehead atoms. The molecule has 1 aliphatic heterocycles. The minimum atomic E-state index is 0.323. The van der Waals surface area contributed by atoms with Gasteiger partial charge in [-0.2, -0.15) is 0 Å². The molecule has 1 aliphatic carbocycles. The summed E-state index contributed by atoms with van der Waals surface area (Å²) in [4.78, 5) is 2.53. The Hall–Kier alpha value is -0.790. The van der Waals surface area contributed by atoms with Crippen LogP contribution in [0.15, 0.2) is 35.9 Å². The lowest BCUT2D eigenvalue weighted by molar-refractivity contribution is 0.0393. The summed E-state index contributed by atoms with van der Waals surface area (Å²) in [6, 6.07) is 9.58. The SMILES string of the molecule is C=C(Cl)CN1CCC2(C)c3ccccc3CC1C2C. The lowest BCUT2D eigenvalue weighted by Gasteiger charge is -2.54. The zero-order chi connectivity index (χ0) is 13.6. The second-order valence-corrected chi connectivity index (χ2v) is 6.91. The van der Waals surface area contributed by atoms with E-state index in [2.05, 4.69) is 49.6 Å². The molecular formula is C17H22ClN. The zero-order valence-electron chi connectivity index (χ0n) is 11.8. The average molecular weight is 276 g/mol. The quantitative estimate of drug-likeness (QED) is 0.790. The van der Waals surface area contributed by atoms with Crippen molar-refractivity contribution in [1.82, 2.24) is 4.90 Å². The Bertz CT molecular complexity index is 510. The number of hydrogen-bond donors (Lipinski definition) is 0. The maximum atomic E-state index is 6.03. The third-order valence-electron chi connectivity index (χ3n) is 5.41. The third-order valence-corrected chi connectivity index (χ3v) is 5.53. The van der Waals surface area contributed by atoms with Gasteiger partial charge in [-0.05, 0) is 41.8 Å². The fraction of sp³-hybridized carbons (Fsp3) is 0.529. The standard InChI is InChI=1S/C17H22ClN/c1-12(18)11-19-9-8-17(3)13(2)16(19)10-14-6-4-5-7-15(14)17/h4-7,13,16H,1,8-11H2,2-3H3. The molecular weight excluding hydrogens is 254 g/mol. The van der Waals surface area contributed by atoms with Gasteiger partial charge in [-0.25, -0.2) is 0 Å². The van der Waals surface area contributed by atoms with Gasteiger partial charge in [0.25, 0.3) is 0 Å². The van der Waals surface area contributed by atoms with Crippen LogP contribution < -0.4 is 0 Å². The highest BCUT2D eigenvalue weighted by atomic mass is 35.5. The van der Waals surface area contributed by atoms with Gasteiger partial charge in [-0.3, -0.25) is 4.90 Å². The van der Waals surface area contributed by atoms with Crippen molar-refractivity contribution >= 4 is 11.6 Å². The van der Waals surface area contributed by atoms with Crippen LogP contribution in [0.1, 0.15) is 31.4 Å². The molecule has 2 aliphatic rings. The molecule has 102 valence electrons. The van der Waals surface area contributed by atoms with Gasteiger partial charge in [-0.1, -0.05) is 56.3 Å². The average Bonchev–Trinajstić information content (AvgIpc) is 2.37. The van der Waals surface area contributed by atoms with Crippen molar-refractivity contribution in [3.05, 3.63) is 47.0 Å². The van der Waals surface area contributed by atoms with E-state index in [9.17, 15) is 0 Å². The maximum Gasteiger partial charge on any atom is 0.0338 e. The van der Waals surface area contributed by atoms with Crippen LogP contribution in [0.4, 0.5) is 0 Å². The first-order valence-corrected chi connectivity index (χ1v) is 7.56. The van der Waals surface area contributed by atoms with Crippen LogP contribution in [0.2, 0.25) is 0 Å². The van der Waals surface area contributed by atoms with E-state index in [1.165, 1.54) is 12.0 Å². The maximum absolute atomic E-state index is 6.03. The van der Waals surface area contributed by atoms with Crippen molar-refractivity contribution in [1.29, 1.82) is 0 Å². The minimum absolute atomic E-state index is 0.323. The molecule has 3 atom stereocenters. The first-order chi connectivity index (χ1) is 9.02. The summed E-state index contributed by atoms with van der Waals surface area (Å²) in [5, 5.41) is 0.759. The van der Waals surface area contributed by atoms with E-state index in [0.717, 1.165) is 24.5 Å². The van der Waals surface area contributed by atoms with Gasteiger partial charge >= 0.3 is 0 Å². The normalized spacial score (nSPS) is 33.8. The summed E-state index contributed by atoms with van der Waals surface area (Å²) in [5.41, 5.74) is 3.42. The number of rotatable bonds is 2. The number of fused-ring (bicyclic) bond motifs is 4. The molecule has 1 nitrogen and oxygen atoms in total. The first kappa shape index (κ1) is 13.2. The van der Waals surface area contributed by atoms with E-state index in [1.807, 2.05) is 0 Å². The Morgan fingerprint density at radius 1 is 1.47 bits per heavy atom. The van der Waals surface area contributed by atoms with E-state index in [-0.39, 0.29) is 0 Å².